The van der Waals surface area contributed by atoms with E-state index < -0.39 is 5.97 Å². The molecule has 118 valence electrons. The molecule has 0 unspecified atom stereocenters. The quantitative estimate of drug-likeness (QED) is 0.350. The summed E-state index contributed by atoms with van der Waals surface area (Å²) in [6.45, 7) is 1.13. The fourth-order valence-electron chi connectivity index (χ4n) is 2.17. The zero-order valence-electron chi connectivity index (χ0n) is 12.8. The number of nitrogens with zero attached hydrogens (tertiary/aromatic N) is 2. The lowest BCUT2D eigenvalue weighted by molar-refractivity contribution is 0.0601. The third-order valence-corrected chi connectivity index (χ3v) is 3.93. The van der Waals surface area contributed by atoms with Gasteiger partial charge in [-0.1, -0.05) is 11.8 Å². The van der Waals surface area contributed by atoms with Gasteiger partial charge in [0.2, 0.25) is 0 Å². The molecule has 2 aromatic rings. The Bertz CT molecular complexity index is 742. The minimum absolute atomic E-state index is 0.109. The predicted molar refractivity (Wildman–Crippen MR) is 85.6 cm³/mol. The molecule has 0 bridgehead atoms. The molecule has 7 heteroatoms. The van der Waals surface area contributed by atoms with E-state index in [1.807, 2.05) is 6.26 Å². The molecule has 0 spiro atoms. The van der Waals surface area contributed by atoms with Gasteiger partial charge >= 0.3 is 5.97 Å². The highest BCUT2D eigenvalue weighted by Gasteiger charge is 2.13. The number of benzene rings is 1. The number of carbonyl (C=O) groups is 1. The van der Waals surface area contributed by atoms with Gasteiger partial charge in [-0.05, 0) is 30.9 Å². The average Bonchev–Trinajstić information content (AvgIpc) is 2.55. The summed E-state index contributed by atoms with van der Waals surface area (Å²) in [5.41, 5.74) is 0.771. The van der Waals surface area contributed by atoms with Crippen molar-refractivity contribution < 1.29 is 14.3 Å². The van der Waals surface area contributed by atoms with Crippen LogP contribution in [0.15, 0.2) is 28.2 Å². The zero-order valence-corrected chi connectivity index (χ0v) is 13.6. The Morgan fingerprint density at radius 2 is 2.14 bits per heavy atom. The number of esters is 1. The number of thioether (sulfide) groups is 1. The van der Waals surface area contributed by atoms with Crippen molar-refractivity contribution in [3.63, 3.8) is 0 Å². The molecular formula is C15H18N2O4S. The average molecular weight is 322 g/mol. The van der Waals surface area contributed by atoms with E-state index in [1.165, 1.54) is 18.9 Å². The first-order valence-corrected chi connectivity index (χ1v) is 8.00. The first kappa shape index (κ1) is 16.5. The van der Waals surface area contributed by atoms with Crippen LogP contribution in [0.3, 0.4) is 0 Å². The monoisotopic (exact) mass is 322 g/mol. The second-order valence-electron chi connectivity index (χ2n) is 4.63. The molecule has 0 atom stereocenters. The van der Waals surface area contributed by atoms with Crippen LogP contribution >= 0.6 is 11.8 Å². The topological polar surface area (TPSA) is 70.4 Å². The van der Waals surface area contributed by atoms with Crippen LogP contribution in [-0.2, 0) is 16.0 Å². The summed E-state index contributed by atoms with van der Waals surface area (Å²) in [7, 11) is 2.95. The maximum Gasteiger partial charge on any atom is 0.337 e. The summed E-state index contributed by atoms with van der Waals surface area (Å²) in [5, 5.41) is 1.11. The van der Waals surface area contributed by atoms with Gasteiger partial charge in [0, 0.05) is 20.3 Å². The van der Waals surface area contributed by atoms with Crippen LogP contribution in [0.25, 0.3) is 10.9 Å². The largest absolute Gasteiger partial charge is 0.465 e. The first-order valence-electron chi connectivity index (χ1n) is 6.78. The summed E-state index contributed by atoms with van der Waals surface area (Å²) in [4.78, 5) is 28.7. The van der Waals surface area contributed by atoms with Crippen molar-refractivity contribution in [1.29, 1.82) is 0 Å². The Labute approximate surface area is 132 Å². The van der Waals surface area contributed by atoms with E-state index in [4.69, 9.17) is 9.47 Å². The van der Waals surface area contributed by atoms with Crippen molar-refractivity contribution in [3.8, 4) is 0 Å². The Hall–Kier alpha value is -1.86. The normalized spacial score (nSPS) is 10.9. The Morgan fingerprint density at radius 1 is 1.36 bits per heavy atom. The van der Waals surface area contributed by atoms with Gasteiger partial charge in [0.25, 0.3) is 5.56 Å². The summed E-state index contributed by atoms with van der Waals surface area (Å²) in [6.07, 6.45) is 2.60. The Balaban J connectivity index is 2.53. The molecule has 6 nitrogen and oxygen atoms in total. The van der Waals surface area contributed by atoms with Gasteiger partial charge < -0.3 is 9.47 Å². The van der Waals surface area contributed by atoms with Crippen LogP contribution < -0.4 is 5.56 Å². The number of hydrogen-bond acceptors (Lipinski definition) is 6. The molecule has 1 heterocycles. The molecule has 0 fully saturated rings. The van der Waals surface area contributed by atoms with Gasteiger partial charge in [0.15, 0.2) is 5.16 Å². The highest BCUT2D eigenvalue weighted by molar-refractivity contribution is 7.98. The number of aromatic nitrogens is 2. The summed E-state index contributed by atoms with van der Waals surface area (Å²) >= 11 is 1.40. The lowest BCUT2D eigenvalue weighted by atomic mass is 10.1. The van der Waals surface area contributed by atoms with Crippen LogP contribution in [-0.4, -0.2) is 42.6 Å². The van der Waals surface area contributed by atoms with Crippen LogP contribution in [0.2, 0.25) is 0 Å². The maximum atomic E-state index is 12.6. The highest BCUT2D eigenvalue weighted by Crippen LogP contribution is 2.17. The molecule has 0 saturated heterocycles. The molecule has 0 radical (unpaired) electrons. The molecular weight excluding hydrogens is 304 g/mol. The molecule has 0 aliphatic rings. The fraction of sp³-hybridized carbons (Fsp3) is 0.400. The van der Waals surface area contributed by atoms with E-state index in [0.29, 0.717) is 34.8 Å². The summed E-state index contributed by atoms with van der Waals surface area (Å²) < 4.78 is 11.4. The van der Waals surface area contributed by atoms with Gasteiger partial charge in [0.1, 0.15) is 0 Å². The number of methoxy groups -OCH3 is 2. The summed E-state index contributed by atoms with van der Waals surface area (Å²) in [6, 6.07) is 4.78. The number of fused-ring (bicyclic) bond motifs is 1. The van der Waals surface area contributed by atoms with E-state index >= 15 is 0 Å². The second kappa shape index (κ2) is 7.42. The zero-order chi connectivity index (χ0) is 16.1. The Kier molecular flexibility index (Phi) is 5.57. The van der Waals surface area contributed by atoms with Crippen molar-refractivity contribution in [2.75, 3.05) is 27.1 Å². The lowest BCUT2D eigenvalue weighted by Crippen LogP contribution is -2.24. The molecule has 0 N–H and O–H groups in total. The van der Waals surface area contributed by atoms with E-state index in [0.717, 1.165) is 6.42 Å². The van der Waals surface area contributed by atoms with Gasteiger partial charge in [-0.15, -0.1) is 0 Å². The van der Waals surface area contributed by atoms with E-state index in [-0.39, 0.29) is 5.56 Å². The molecule has 0 aliphatic carbocycles. The number of ether oxygens (including phenoxy) is 2. The van der Waals surface area contributed by atoms with Crippen molar-refractivity contribution in [2.45, 2.75) is 18.1 Å². The number of rotatable bonds is 6. The van der Waals surface area contributed by atoms with Gasteiger partial charge in [0.05, 0.1) is 23.6 Å². The van der Waals surface area contributed by atoms with E-state index in [9.17, 15) is 9.59 Å². The lowest BCUT2D eigenvalue weighted by Gasteiger charge is -2.12. The van der Waals surface area contributed by atoms with E-state index in [1.54, 1.807) is 29.9 Å². The standard InChI is InChI=1S/C15H18N2O4S/c1-20-8-4-7-17-13(18)11-6-5-10(14(19)21-2)9-12(11)16-15(17)22-3/h5-6,9H,4,7-8H2,1-3H3. The van der Waals surface area contributed by atoms with Crippen molar-refractivity contribution >= 4 is 28.6 Å². The van der Waals surface area contributed by atoms with Crippen molar-refractivity contribution in [3.05, 3.63) is 34.1 Å². The molecule has 22 heavy (non-hydrogen) atoms. The molecule has 1 aromatic heterocycles. The molecule has 2 rings (SSSR count). The van der Waals surface area contributed by atoms with Gasteiger partial charge in [-0.3, -0.25) is 9.36 Å². The minimum Gasteiger partial charge on any atom is -0.465 e. The number of carbonyl (C=O) groups excluding carboxylic acids is 1. The molecule has 0 saturated carbocycles. The number of hydrogen-bond donors (Lipinski definition) is 0. The smallest absolute Gasteiger partial charge is 0.337 e. The van der Waals surface area contributed by atoms with Crippen LogP contribution in [0.4, 0.5) is 0 Å². The van der Waals surface area contributed by atoms with Gasteiger partial charge in [-0.2, -0.15) is 0 Å². The maximum absolute atomic E-state index is 12.6. The molecule has 0 aliphatic heterocycles. The van der Waals surface area contributed by atoms with E-state index in [2.05, 4.69) is 4.98 Å². The highest BCUT2D eigenvalue weighted by atomic mass is 32.2. The van der Waals surface area contributed by atoms with Crippen LogP contribution in [0, 0.1) is 0 Å². The first-order chi connectivity index (χ1) is 10.6. The SMILES string of the molecule is COCCCn1c(SC)nc2cc(C(=O)OC)ccc2c1=O. The predicted octanol–water partition coefficient (Wildman–Crippen LogP) is 1.94. The molecule has 0 amide bonds. The third kappa shape index (κ3) is 3.31. The second-order valence-corrected chi connectivity index (χ2v) is 5.40. The van der Waals surface area contributed by atoms with Crippen LogP contribution in [0.5, 0.6) is 0 Å². The van der Waals surface area contributed by atoms with Crippen LogP contribution in [0.1, 0.15) is 16.8 Å². The minimum atomic E-state index is -0.446. The summed E-state index contributed by atoms with van der Waals surface area (Å²) in [5.74, 6) is -0.446. The fourth-order valence-corrected chi connectivity index (χ4v) is 2.75. The van der Waals surface area contributed by atoms with Crippen molar-refractivity contribution in [2.24, 2.45) is 0 Å². The van der Waals surface area contributed by atoms with Crippen molar-refractivity contribution in [1.82, 2.24) is 9.55 Å². The third-order valence-electron chi connectivity index (χ3n) is 3.25. The molecule has 1 aromatic carbocycles. The Morgan fingerprint density at radius 3 is 2.77 bits per heavy atom. The van der Waals surface area contributed by atoms with Gasteiger partial charge in [-0.25, -0.2) is 9.78 Å².